The number of rotatable bonds is 5. The summed E-state index contributed by atoms with van der Waals surface area (Å²) in [5, 5.41) is 0.252. The lowest BCUT2D eigenvalue weighted by Gasteiger charge is -2.34. The summed E-state index contributed by atoms with van der Waals surface area (Å²) in [6.45, 7) is 4.56. The fourth-order valence-electron chi connectivity index (χ4n) is 3.54. The summed E-state index contributed by atoms with van der Waals surface area (Å²) in [6, 6.07) is 6.54. The van der Waals surface area contributed by atoms with E-state index in [1.54, 1.807) is 24.3 Å². The molecule has 1 aromatic carbocycles. The first-order chi connectivity index (χ1) is 12.5. The van der Waals surface area contributed by atoms with Gasteiger partial charge in [0.1, 0.15) is 4.90 Å². The molecule has 2 saturated heterocycles. The molecule has 0 N–H and O–H groups in total. The van der Waals surface area contributed by atoms with Crippen molar-refractivity contribution in [3.8, 4) is 0 Å². The third-order valence-corrected chi connectivity index (χ3v) is 7.53. The first-order valence-corrected chi connectivity index (χ1v) is 11.0. The molecule has 1 amide bonds. The van der Waals surface area contributed by atoms with Crippen LogP contribution in [-0.2, 0) is 14.8 Å². The maximum Gasteiger partial charge on any atom is 0.244 e. The number of likely N-dealkylation sites (tertiary alicyclic amines) is 1. The van der Waals surface area contributed by atoms with E-state index in [-0.39, 0.29) is 15.8 Å². The summed E-state index contributed by atoms with van der Waals surface area (Å²) < 4.78 is 27.0. The predicted molar refractivity (Wildman–Crippen MR) is 102 cm³/mol. The lowest BCUT2D eigenvalue weighted by Crippen LogP contribution is -2.49. The molecule has 0 unspecified atom stereocenters. The number of carbonyl (C=O) groups is 1. The summed E-state index contributed by atoms with van der Waals surface area (Å²) in [5.41, 5.74) is 0. The first-order valence-electron chi connectivity index (χ1n) is 9.23. The molecular weight excluding hydrogens is 374 g/mol. The maximum absolute atomic E-state index is 12.7. The monoisotopic (exact) mass is 399 g/mol. The molecular formula is C18H26ClN3O3S. The average molecular weight is 400 g/mol. The van der Waals surface area contributed by atoms with Crippen molar-refractivity contribution in [2.75, 3.05) is 45.8 Å². The maximum atomic E-state index is 12.7. The van der Waals surface area contributed by atoms with E-state index in [1.807, 2.05) is 4.90 Å². The van der Waals surface area contributed by atoms with E-state index >= 15 is 0 Å². The van der Waals surface area contributed by atoms with Crippen LogP contribution in [0.15, 0.2) is 29.2 Å². The number of hydrogen-bond acceptors (Lipinski definition) is 4. The highest BCUT2D eigenvalue weighted by Gasteiger charge is 2.30. The zero-order valence-corrected chi connectivity index (χ0v) is 16.5. The number of piperazine rings is 1. The Bertz CT molecular complexity index is 727. The molecule has 0 saturated carbocycles. The highest BCUT2D eigenvalue weighted by Crippen LogP contribution is 2.25. The molecule has 2 heterocycles. The number of carbonyl (C=O) groups excluding carboxylic acids is 1. The number of piperidine rings is 1. The summed E-state index contributed by atoms with van der Waals surface area (Å²) in [4.78, 5) is 16.6. The Morgan fingerprint density at radius 1 is 0.962 bits per heavy atom. The van der Waals surface area contributed by atoms with Gasteiger partial charge in [0.15, 0.2) is 0 Å². The van der Waals surface area contributed by atoms with Gasteiger partial charge in [0.05, 0.1) is 5.02 Å². The second-order valence-electron chi connectivity index (χ2n) is 6.87. The van der Waals surface area contributed by atoms with Crippen molar-refractivity contribution >= 4 is 27.5 Å². The molecule has 0 aromatic heterocycles. The van der Waals surface area contributed by atoms with Crippen LogP contribution in [-0.4, -0.2) is 74.2 Å². The molecule has 0 radical (unpaired) electrons. The Kier molecular flexibility index (Phi) is 6.55. The Balaban J connectivity index is 1.49. The molecule has 0 atom stereocenters. The standard InChI is InChI=1S/C18H26ClN3O3S/c19-16-6-2-3-7-17(16)26(24,25)22-14-12-20(13-15-22)11-8-18(23)21-9-4-1-5-10-21/h2-3,6-7H,1,4-5,8-15H2. The number of nitrogens with zero attached hydrogens (tertiary/aromatic N) is 3. The van der Waals surface area contributed by atoms with Crippen LogP contribution < -0.4 is 0 Å². The fraction of sp³-hybridized carbons (Fsp3) is 0.611. The Morgan fingerprint density at radius 3 is 2.27 bits per heavy atom. The molecule has 26 heavy (non-hydrogen) atoms. The molecule has 2 aliphatic rings. The minimum Gasteiger partial charge on any atom is -0.343 e. The minimum atomic E-state index is -3.56. The van der Waals surface area contributed by atoms with Gasteiger partial charge in [0.2, 0.25) is 15.9 Å². The van der Waals surface area contributed by atoms with Crippen LogP contribution >= 0.6 is 11.6 Å². The van der Waals surface area contributed by atoms with Crippen molar-refractivity contribution in [1.29, 1.82) is 0 Å². The molecule has 8 heteroatoms. The van der Waals surface area contributed by atoms with Gasteiger partial charge in [-0.05, 0) is 31.4 Å². The van der Waals surface area contributed by atoms with Crippen molar-refractivity contribution in [3.63, 3.8) is 0 Å². The van der Waals surface area contributed by atoms with Gasteiger partial charge in [-0.3, -0.25) is 4.79 Å². The number of amides is 1. The summed E-state index contributed by atoms with van der Waals surface area (Å²) >= 11 is 6.06. The number of hydrogen-bond donors (Lipinski definition) is 0. The van der Waals surface area contributed by atoms with E-state index in [2.05, 4.69) is 4.90 Å². The van der Waals surface area contributed by atoms with Gasteiger partial charge in [0.25, 0.3) is 0 Å². The summed E-state index contributed by atoms with van der Waals surface area (Å²) in [6.07, 6.45) is 3.93. The van der Waals surface area contributed by atoms with Crippen LogP contribution in [0, 0.1) is 0 Å². The van der Waals surface area contributed by atoms with E-state index in [0.29, 0.717) is 39.1 Å². The largest absolute Gasteiger partial charge is 0.343 e. The van der Waals surface area contributed by atoms with Gasteiger partial charge < -0.3 is 9.80 Å². The second-order valence-corrected chi connectivity index (χ2v) is 9.18. The fourth-order valence-corrected chi connectivity index (χ4v) is 5.46. The molecule has 144 valence electrons. The summed E-state index contributed by atoms with van der Waals surface area (Å²) in [5.74, 6) is 0.218. The van der Waals surface area contributed by atoms with E-state index in [9.17, 15) is 13.2 Å². The lowest BCUT2D eigenvalue weighted by molar-refractivity contribution is -0.132. The van der Waals surface area contributed by atoms with Gasteiger partial charge in [-0.1, -0.05) is 23.7 Å². The number of benzene rings is 1. The van der Waals surface area contributed by atoms with Crippen LogP contribution in [0.5, 0.6) is 0 Å². The van der Waals surface area contributed by atoms with Crippen LogP contribution in [0.2, 0.25) is 5.02 Å². The van der Waals surface area contributed by atoms with E-state index in [0.717, 1.165) is 25.9 Å². The van der Waals surface area contributed by atoms with Crippen LogP contribution in [0.1, 0.15) is 25.7 Å². The average Bonchev–Trinajstić information content (AvgIpc) is 2.67. The van der Waals surface area contributed by atoms with Crippen LogP contribution in [0.4, 0.5) is 0 Å². The minimum absolute atomic E-state index is 0.162. The lowest BCUT2D eigenvalue weighted by atomic mass is 10.1. The third kappa shape index (κ3) is 4.57. The van der Waals surface area contributed by atoms with Crippen molar-refractivity contribution in [2.24, 2.45) is 0 Å². The first kappa shape index (κ1) is 19.6. The van der Waals surface area contributed by atoms with Crippen LogP contribution in [0.25, 0.3) is 0 Å². The molecule has 1 aromatic rings. The molecule has 2 fully saturated rings. The molecule has 3 rings (SSSR count). The van der Waals surface area contributed by atoms with Gasteiger partial charge >= 0.3 is 0 Å². The molecule has 0 spiro atoms. The highest BCUT2D eigenvalue weighted by molar-refractivity contribution is 7.89. The molecule has 0 bridgehead atoms. The van der Waals surface area contributed by atoms with E-state index < -0.39 is 10.0 Å². The van der Waals surface area contributed by atoms with E-state index in [1.165, 1.54) is 10.7 Å². The smallest absolute Gasteiger partial charge is 0.244 e. The quantitative estimate of drug-likeness (QED) is 0.760. The van der Waals surface area contributed by atoms with Gasteiger partial charge in [-0.15, -0.1) is 0 Å². The van der Waals surface area contributed by atoms with Crippen LogP contribution in [0.3, 0.4) is 0 Å². The SMILES string of the molecule is O=C(CCN1CCN(S(=O)(=O)c2ccccc2Cl)CC1)N1CCCCC1. The van der Waals surface area contributed by atoms with E-state index in [4.69, 9.17) is 11.6 Å². The van der Waals surface area contributed by atoms with Crippen molar-refractivity contribution < 1.29 is 13.2 Å². The highest BCUT2D eigenvalue weighted by atomic mass is 35.5. The van der Waals surface area contributed by atoms with Gasteiger partial charge in [-0.25, -0.2) is 8.42 Å². The Labute approximate surface area is 160 Å². The Morgan fingerprint density at radius 2 is 1.62 bits per heavy atom. The third-order valence-electron chi connectivity index (χ3n) is 5.14. The normalized spacial score (nSPS) is 20.3. The second kappa shape index (κ2) is 8.69. The van der Waals surface area contributed by atoms with Crippen molar-refractivity contribution in [2.45, 2.75) is 30.6 Å². The molecule has 2 aliphatic heterocycles. The zero-order valence-electron chi connectivity index (χ0n) is 14.9. The van der Waals surface area contributed by atoms with Gasteiger partial charge in [0, 0.05) is 52.2 Å². The van der Waals surface area contributed by atoms with Crippen molar-refractivity contribution in [1.82, 2.24) is 14.1 Å². The number of sulfonamides is 1. The molecule has 6 nitrogen and oxygen atoms in total. The Hall–Kier alpha value is -1.15. The molecule has 0 aliphatic carbocycles. The van der Waals surface area contributed by atoms with Gasteiger partial charge in [-0.2, -0.15) is 4.31 Å². The predicted octanol–water partition coefficient (Wildman–Crippen LogP) is 2.05. The topological polar surface area (TPSA) is 60.9 Å². The zero-order chi connectivity index (χ0) is 18.6. The van der Waals surface area contributed by atoms with Crippen molar-refractivity contribution in [3.05, 3.63) is 29.3 Å². The number of halogens is 1. The summed E-state index contributed by atoms with van der Waals surface area (Å²) in [7, 11) is -3.56.